The second kappa shape index (κ2) is 6.27. The molecule has 2 saturated heterocycles. The highest BCUT2D eigenvalue weighted by atomic mass is 16.2. The Labute approximate surface area is 153 Å². The van der Waals surface area contributed by atoms with Crippen molar-refractivity contribution in [3.63, 3.8) is 0 Å². The molecule has 4 rings (SSSR count). The van der Waals surface area contributed by atoms with E-state index >= 15 is 0 Å². The fourth-order valence-corrected chi connectivity index (χ4v) is 4.44. The van der Waals surface area contributed by atoms with Gasteiger partial charge in [-0.2, -0.15) is 5.10 Å². The number of carbonyl (C=O) groups excluding carboxylic acids is 2. The van der Waals surface area contributed by atoms with Crippen LogP contribution in [0.4, 0.5) is 0 Å². The van der Waals surface area contributed by atoms with Crippen molar-refractivity contribution < 1.29 is 9.59 Å². The van der Waals surface area contributed by atoms with Crippen molar-refractivity contribution in [1.82, 2.24) is 19.6 Å². The maximum Gasteiger partial charge on any atom is 0.257 e. The van der Waals surface area contributed by atoms with Gasteiger partial charge >= 0.3 is 0 Å². The van der Waals surface area contributed by atoms with Gasteiger partial charge in [0.05, 0.1) is 23.3 Å². The number of nitrogens with zero attached hydrogens (tertiary/aromatic N) is 4. The van der Waals surface area contributed by atoms with E-state index in [0.717, 1.165) is 18.4 Å². The molecule has 0 unspecified atom stereocenters. The molecule has 0 radical (unpaired) electrons. The third kappa shape index (κ3) is 2.69. The van der Waals surface area contributed by atoms with E-state index in [1.54, 1.807) is 17.1 Å². The zero-order valence-electron chi connectivity index (χ0n) is 15.3. The first-order valence-corrected chi connectivity index (χ1v) is 9.13. The molecule has 0 N–H and O–H groups in total. The van der Waals surface area contributed by atoms with Crippen LogP contribution in [0.5, 0.6) is 0 Å². The van der Waals surface area contributed by atoms with Crippen LogP contribution in [0, 0.1) is 0 Å². The van der Waals surface area contributed by atoms with Crippen molar-refractivity contribution in [2.45, 2.75) is 44.3 Å². The van der Waals surface area contributed by atoms with Gasteiger partial charge in [0.1, 0.15) is 0 Å². The Morgan fingerprint density at radius 1 is 1.31 bits per heavy atom. The van der Waals surface area contributed by atoms with Gasteiger partial charge in [-0.25, -0.2) is 0 Å². The number of likely N-dealkylation sites (tertiary alicyclic amines) is 2. The molecule has 0 spiro atoms. The molecule has 2 aliphatic heterocycles. The van der Waals surface area contributed by atoms with E-state index in [9.17, 15) is 9.59 Å². The smallest absolute Gasteiger partial charge is 0.257 e. The van der Waals surface area contributed by atoms with Gasteiger partial charge < -0.3 is 9.80 Å². The van der Waals surface area contributed by atoms with E-state index in [1.165, 1.54) is 0 Å². The number of hydrogen-bond acceptors (Lipinski definition) is 3. The Hall–Kier alpha value is -2.63. The van der Waals surface area contributed by atoms with Crippen molar-refractivity contribution in [3.8, 4) is 0 Å². The fraction of sp³-hybridized carbons (Fsp3) is 0.450. The third-order valence-electron chi connectivity index (χ3n) is 5.90. The Kier molecular flexibility index (Phi) is 4.05. The summed E-state index contributed by atoms with van der Waals surface area (Å²) < 4.78 is 1.65. The normalized spacial score (nSPS) is 25.5. The lowest BCUT2D eigenvalue weighted by Gasteiger charge is -2.47. The number of rotatable bonds is 3. The van der Waals surface area contributed by atoms with Crippen LogP contribution in [0.2, 0.25) is 0 Å². The van der Waals surface area contributed by atoms with Gasteiger partial charge in [-0.15, -0.1) is 0 Å². The first-order chi connectivity index (χ1) is 12.5. The first kappa shape index (κ1) is 16.8. The van der Waals surface area contributed by atoms with Crippen LogP contribution >= 0.6 is 0 Å². The maximum absolute atomic E-state index is 13.0. The Balaban J connectivity index is 1.60. The topological polar surface area (TPSA) is 58.4 Å². The molecule has 2 aliphatic rings. The Bertz CT molecular complexity index is 831. The lowest BCUT2D eigenvalue weighted by molar-refractivity contribution is -0.144. The summed E-state index contributed by atoms with van der Waals surface area (Å²) in [6.45, 7) is 3.41. The van der Waals surface area contributed by atoms with Crippen molar-refractivity contribution in [3.05, 3.63) is 53.9 Å². The molecule has 6 nitrogen and oxygen atoms in total. The number of hydrogen-bond donors (Lipinski definition) is 0. The molecule has 6 heteroatoms. The van der Waals surface area contributed by atoms with E-state index in [2.05, 4.69) is 12.0 Å². The van der Waals surface area contributed by atoms with Gasteiger partial charge in [-0.1, -0.05) is 30.3 Å². The molecule has 2 aromatic rings. The molecule has 2 amide bonds. The molecule has 26 heavy (non-hydrogen) atoms. The molecule has 1 aromatic heterocycles. The van der Waals surface area contributed by atoms with Crippen LogP contribution in [0.15, 0.2) is 42.7 Å². The number of aromatic nitrogens is 2. The summed E-state index contributed by atoms with van der Waals surface area (Å²) in [7, 11) is 1.81. The Morgan fingerprint density at radius 3 is 2.77 bits per heavy atom. The number of aryl methyl sites for hydroxylation is 1. The highest BCUT2D eigenvalue weighted by Gasteiger charge is 2.53. The van der Waals surface area contributed by atoms with Gasteiger partial charge in [0.2, 0.25) is 5.91 Å². The lowest BCUT2D eigenvalue weighted by atomic mass is 9.83. The zero-order chi connectivity index (χ0) is 18.3. The zero-order valence-corrected chi connectivity index (χ0v) is 15.3. The molecule has 136 valence electrons. The highest BCUT2D eigenvalue weighted by Crippen LogP contribution is 2.41. The third-order valence-corrected chi connectivity index (χ3v) is 5.90. The van der Waals surface area contributed by atoms with Crippen LogP contribution in [0.25, 0.3) is 0 Å². The number of fused-ring (bicyclic) bond motifs is 1. The quantitative estimate of drug-likeness (QED) is 0.851. The van der Waals surface area contributed by atoms with Gasteiger partial charge in [0.15, 0.2) is 0 Å². The summed E-state index contributed by atoms with van der Waals surface area (Å²) in [4.78, 5) is 29.6. The number of amides is 2. The van der Waals surface area contributed by atoms with Gasteiger partial charge in [0.25, 0.3) is 5.91 Å². The van der Waals surface area contributed by atoms with Gasteiger partial charge in [0, 0.05) is 32.8 Å². The van der Waals surface area contributed by atoms with Crippen molar-refractivity contribution >= 4 is 11.8 Å². The number of carbonyl (C=O) groups is 2. The van der Waals surface area contributed by atoms with Gasteiger partial charge in [-0.05, 0) is 25.3 Å². The molecule has 2 fully saturated rings. The van der Waals surface area contributed by atoms with Crippen LogP contribution < -0.4 is 0 Å². The summed E-state index contributed by atoms with van der Waals surface area (Å²) in [5.74, 6) is 0.198. The maximum atomic E-state index is 13.0. The fourth-order valence-electron chi connectivity index (χ4n) is 4.44. The monoisotopic (exact) mass is 352 g/mol. The second-order valence-electron chi connectivity index (χ2n) is 7.53. The molecule has 0 saturated carbocycles. The molecule has 2 atom stereocenters. The number of benzene rings is 1. The SMILES string of the molecule is Cn1cc(C(=O)N2CC[C@@]3(C)[C@@H]2CCC(=O)N3Cc2ccccc2)cn1. The van der Waals surface area contributed by atoms with E-state index in [4.69, 9.17) is 0 Å². The molecule has 3 heterocycles. The van der Waals surface area contributed by atoms with E-state index < -0.39 is 0 Å². The molecule has 1 aromatic carbocycles. The van der Waals surface area contributed by atoms with Crippen LogP contribution in [-0.4, -0.2) is 49.5 Å². The number of piperidine rings is 1. The van der Waals surface area contributed by atoms with Crippen LogP contribution in [0.1, 0.15) is 42.1 Å². The van der Waals surface area contributed by atoms with Crippen molar-refractivity contribution in [2.75, 3.05) is 6.54 Å². The van der Waals surface area contributed by atoms with Gasteiger partial charge in [-0.3, -0.25) is 14.3 Å². The molecule has 0 aliphatic carbocycles. The lowest BCUT2D eigenvalue weighted by Crippen LogP contribution is -2.60. The molecular weight excluding hydrogens is 328 g/mol. The highest BCUT2D eigenvalue weighted by molar-refractivity contribution is 5.94. The average Bonchev–Trinajstić information content (AvgIpc) is 3.22. The predicted octanol–water partition coefficient (Wildman–Crippen LogP) is 2.22. The predicted molar refractivity (Wildman–Crippen MR) is 97.3 cm³/mol. The molecular formula is C20H24N4O2. The van der Waals surface area contributed by atoms with Crippen LogP contribution in [0.3, 0.4) is 0 Å². The standard InChI is InChI=1S/C20H24N4O2/c1-20-10-11-23(19(26)16-12-21-22(2)14-16)17(20)8-9-18(25)24(20)13-15-6-4-3-5-7-15/h3-7,12,14,17H,8-11,13H2,1-2H3/t17-,20-/m0/s1. The summed E-state index contributed by atoms with van der Waals surface area (Å²) in [6, 6.07) is 10.1. The summed E-state index contributed by atoms with van der Waals surface area (Å²) >= 11 is 0. The largest absolute Gasteiger partial charge is 0.333 e. The summed E-state index contributed by atoms with van der Waals surface area (Å²) in [5, 5.41) is 4.12. The Morgan fingerprint density at radius 2 is 2.08 bits per heavy atom. The van der Waals surface area contributed by atoms with E-state index in [1.807, 2.05) is 47.2 Å². The first-order valence-electron chi connectivity index (χ1n) is 9.13. The molecule has 0 bridgehead atoms. The summed E-state index contributed by atoms with van der Waals surface area (Å²) in [6.07, 6.45) is 5.40. The average molecular weight is 352 g/mol. The second-order valence-corrected chi connectivity index (χ2v) is 7.53. The minimum atomic E-state index is -0.316. The van der Waals surface area contributed by atoms with Crippen LogP contribution in [-0.2, 0) is 18.4 Å². The minimum Gasteiger partial charge on any atom is -0.333 e. The van der Waals surface area contributed by atoms with Crippen molar-refractivity contribution in [1.29, 1.82) is 0 Å². The summed E-state index contributed by atoms with van der Waals surface area (Å²) in [5.41, 5.74) is 1.42. The van der Waals surface area contributed by atoms with E-state index in [-0.39, 0.29) is 23.4 Å². The minimum absolute atomic E-state index is 0.0147. The van der Waals surface area contributed by atoms with E-state index in [0.29, 0.717) is 25.1 Å². The van der Waals surface area contributed by atoms with Crippen molar-refractivity contribution in [2.24, 2.45) is 7.05 Å².